The molecule has 1 saturated heterocycles. The first-order valence-electron chi connectivity index (χ1n) is 10.7. The highest BCUT2D eigenvalue weighted by Gasteiger charge is 2.32. The van der Waals surface area contributed by atoms with Gasteiger partial charge >= 0.3 is 0 Å². The number of piperazine rings is 1. The molecule has 5 nitrogen and oxygen atoms in total. The van der Waals surface area contributed by atoms with Crippen LogP contribution in [0, 0.1) is 34.0 Å². The minimum atomic E-state index is 0.0110. The third-order valence-corrected chi connectivity index (χ3v) is 6.54. The van der Waals surface area contributed by atoms with Crippen LogP contribution in [0.3, 0.4) is 0 Å². The molecule has 2 atom stereocenters. The summed E-state index contributed by atoms with van der Waals surface area (Å²) in [6.07, 6.45) is 0. The van der Waals surface area contributed by atoms with Crippen molar-refractivity contribution in [1.82, 2.24) is 4.90 Å². The highest BCUT2D eigenvalue weighted by atomic mass is 35.5. The second kappa shape index (κ2) is 9.76. The molecule has 1 aliphatic heterocycles. The van der Waals surface area contributed by atoms with Gasteiger partial charge in [0, 0.05) is 30.7 Å². The minimum absolute atomic E-state index is 0.0110. The molecule has 1 heterocycles. The highest BCUT2D eigenvalue weighted by molar-refractivity contribution is 6.30. The summed E-state index contributed by atoms with van der Waals surface area (Å²) < 4.78 is 0. The van der Waals surface area contributed by atoms with Gasteiger partial charge in [-0.25, -0.2) is 0 Å². The van der Waals surface area contributed by atoms with Crippen LogP contribution in [0.15, 0.2) is 66.7 Å². The van der Waals surface area contributed by atoms with E-state index in [0.717, 1.165) is 36.4 Å². The summed E-state index contributed by atoms with van der Waals surface area (Å²) in [4.78, 5) is 4.68. The van der Waals surface area contributed by atoms with Crippen LogP contribution in [-0.2, 0) is 0 Å². The third kappa shape index (κ3) is 4.69. The largest absolute Gasteiger partial charge is 0.361 e. The van der Waals surface area contributed by atoms with Gasteiger partial charge in [-0.3, -0.25) is 4.90 Å². The van der Waals surface area contributed by atoms with Gasteiger partial charge in [0.05, 0.1) is 40.6 Å². The second-order valence-corrected chi connectivity index (χ2v) is 8.56. The maximum atomic E-state index is 9.76. The summed E-state index contributed by atoms with van der Waals surface area (Å²) in [5.74, 6) is 0. The quantitative estimate of drug-likeness (QED) is 0.517. The van der Waals surface area contributed by atoms with Crippen LogP contribution in [0.2, 0.25) is 5.02 Å². The lowest BCUT2D eigenvalue weighted by Crippen LogP contribution is -2.49. The van der Waals surface area contributed by atoms with E-state index in [2.05, 4.69) is 34.9 Å². The van der Waals surface area contributed by atoms with E-state index >= 15 is 0 Å². The van der Waals surface area contributed by atoms with Gasteiger partial charge in [-0.15, -0.1) is 0 Å². The van der Waals surface area contributed by atoms with Gasteiger partial charge in [0.15, 0.2) is 0 Å². The number of anilines is 1. The van der Waals surface area contributed by atoms with Gasteiger partial charge < -0.3 is 4.90 Å². The molecule has 162 valence electrons. The fraction of sp³-hybridized carbons (Fsp3) is 0.222. The van der Waals surface area contributed by atoms with Crippen LogP contribution >= 0.6 is 11.6 Å². The third-order valence-electron chi connectivity index (χ3n) is 6.29. The topological polar surface area (TPSA) is 77.8 Å². The van der Waals surface area contributed by atoms with E-state index < -0.39 is 0 Å². The summed E-state index contributed by atoms with van der Waals surface area (Å²) in [5.41, 5.74) is 4.74. The van der Waals surface area contributed by atoms with Gasteiger partial charge in [0.25, 0.3) is 0 Å². The van der Waals surface area contributed by atoms with E-state index in [1.165, 1.54) is 0 Å². The Labute approximate surface area is 199 Å². The van der Waals surface area contributed by atoms with Gasteiger partial charge in [0.1, 0.15) is 6.07 Å². The summed E-state index contributed by atoms with van der Waals surface area (Å²) in [6, 6.07) is 27.6. The predicted octanol–water partition coefficient (Wildman–Crippen LogP) is 5.58. The molecule has 1 unspecified atom stereocenters. The van der Waals surface area contributed by atoms with E-state index in [4.69, 9.17) is 16.9 Å². The molecule has 0 bridgehead atoms. The van der Waals surface area contributed by atoms with Crippen LogP contribution < -0.4 is 4.90 Å². The zero-order valence-electron chi connectivity index (χ0n) is 18.2. The summed E-state index contributed by atoms with van der Waals surface area (Å²) in [5, 5.41) is 28.8. The van der Waals surface area contributed by atoms with E-state index in [-0.39, 0.29) is 12.1 Å². The Hall–Kier alpha value is -3.82. The lowest BCUT2D eigenvalue weighted by atomic mass is 9.97. The molecule has 0 saturated carbocycles. The first kappa shape index (κ1) is 22.4. The SMILES string of the molecule is CC(c1ccc(C#N)cc1)N1CCN(c2ccc(C#N)cc2C#N)[C@H](c2ccc(Cl)cc2)C1. The van der Waals surface area contributed by atoms with E-state index in [9.17, 15) is 10.5 Å². The van der Waals surface area contributed by atoms with E-state index in [1.54, 1.807) is 12.1 Å². The van der Waals surface area contributed by atoms with Crippen LogP contribution in [0.25, 0.3) is 0 Å². The smallest absolute Gasteiger partial charge is 0.101 e. The molecule has 3 aromatic rings. The maximum Gasteiger partial charge on any atom is 0.101 e. The minimum Gasteiger partial charge on any atom is -0.361 e. The first-order chi connectivity index (χ1) is 16.0. The number of halogens is 1. The molecule has 0 radical (unpaired) electrons. The van der Waals surface area contributed by atoms with Crippen molar-refractivity contribution in [3.05, 3.63) is 99.6 Å². The number of hydrogen-bond acceptors (Lipinski definition) is 5. The van der Waals surface area contributed by atoms with Crippen LogP contribution in [0.1, 0.15) is 46.8 Å². The Bertz CT molecular complexity index is 1260. The number of hydrogen-bond donors (Lipinski definition) is 0. The molecule has 4 rings (SSSR count). The van der Waals surface area contributed by atoms with Crippen LogP contribution in [0.4, 0.5) is 5.69 Å². The van der Waals surface area contributed by atoms with Crippen molar-refractivity contribution in [1.29, 1.82) is 15.8 Å². The van der Waals surface area contributed by atoms with Crippen molar-refractivity contribution in [2.24, 2.45) is 0 Å². The summed E-state index contributed by atoms with van der Waals surface area (Å²) in [6.45, 7) is 4.48. The zero-order chi connectivity index (χ0) is 23.4. The Kier molecular flexibility index (Phi) is 6.62. The molecule has 33 heavy (non-hydrogen) atoms. The van der Waals surface area contributed by atoms with Crippen molar-refractivity contribution in [3.63, 3.8) is 0 Å². The average molecular weight is 452 g/mol. The van der Waals surface area contributed by atoms with Crippen LogP contribution in [-0.4, -0.2) is 24.5 Å². The summed E-state index contributed by atoms with van der Waals surface area (Å²) >= 11 is 6.15. The zero-order valence-corrected chi connectivity index (χ0v) is 19.0. The fourth-order valence-corrected chi connectivity index (χ4v) is 4.53. The average Bonchev–Trinajstić information content (AvgIpc) is 2.88. The van der Waals surface area contributed by atoms with Gasteiger partial charge in [0.2, 0.25) is 0 Å². The van der Waals surface area contributed by atoms with Crippen molar-refractivity contribution in [2.75, 3.05) is 24.5 Å². The molecule has 0 N–H and O–H groups in total. The molecule has 0 aromatic heterocycles. The van der Waals surface area contributed by atoms with Crippen molar-refractivity contribution < 1.29 is 0 Å². The molecular formula is C27H22ClN5. The molecule has 0 aliphatic carbocycles. The number of nitriles is 3. The molecule has 6 heteroatoms. The Balaban J connectivity index is 1.68. The van der Waals surface area contributed by atoms with Gasteiger partial charge in [-0.05, 0) is 60.5 Å². The first-order valence-corrected chi connectivity index (χ1v) is 11.1. The van der Waals surface area contributed by atoms with Crippen molar-refractivity contribution in [3.8, 4) is 18.2 Å². The molecule has 0 amide bonds. The molecule has 1 fully saturated rings. The van der Waals surface area contributed by atoms with E-state index in [0.29, 0.717) is 21.7 Å². The monoisotopic (exact) mass is 451 g/mol. The summed E-state index contributed by atoms with van der Waals surface area (Å²) in [7, 11) is 0. The number of nitrogens with zero attached hydrogens (tertiary/aromatic N) is 5. The van der Waals surface area contributed by atoms with Crippen LogP contribution in [0.5, 0.6) is 0 Å². The van der Waals surface area contributed by atoms with Crippen molar-refractivity contribution in [2.45, 2.75) is 19.0 Å². The van der Waals surface area contributed by atoms with E-state index in [1.807, 2.05) is 54.6 Å². The normalized spacial score (nSPS) is 16.9. The fourth-order valence-electron chi connectivity index (χ4n) is 4.41. The highest BCUT2D eigenvalue weighted by Crippen LogP contribution is 2.36. The predicted molar refractivity (Wildman–Crippen MR) is 129 cm³/mol. The van der Waals surface area contributed by atoms with Gasteiger partial charge in [-0.1, -0.05) is 35.9 Å². The Morgan fingerprint density at radius 3 is 2.15 bits per heavy atom. The lowest BCUT2D eigenvalue weighted by molar-refractivity contribution is 0.171. The molecular weight excluding hydrogens is 430 g/mol. The molecule has 1 aliphatic rings. The standard InChI is InChI=1S/C27H22ClN5/c1-19(22-5-2-20(15-29)3-6-22)32-12-13-33(26-11-4-21(16-30)14-24(26)17-31)27(18-32)23-7-9-25(28)10-8-23/h2-11,14,19,27H,12-13,18H2,1H3/t19?,27-/m0/s1. The molecule has 3 aromatic carbocycles. The maximum absolute atomic E-state index is 9.76. The second-order valence-electron chi connectivity index (χ2n) is 8.12. The number of benzene rings is 3. The Morgan fingerprint density at radius 2 is 1.52 bits per heavy atom. The lowest BCUT2D eigenvalue weighted by Gasteiger charge is -2.45. The number of rotatable bonds is 4. The Morgan fingerprint density at radius 1 is 0.848 bits per heavy atom. The molecule has 0 spiro atoms. The van der Waals surface area contributed by atoms with Gasteiger partial charge in [-0.2, -0.15) is 15.8 Å². The van der Waals surface area contributed by atoms with Crippen molar-refractivity contribution >= 4 is 17.3 Å².